The fourth-order valence-electron chi connectivity index (χ4n) is 2.27. The maximum absolute atomic E-state index is 13.7. The summed E-state index contributed by atoms with van der Waals surface area (Å²) in [7, 11) is -2.54. The smallest absolute Gasteiger partial charge is 0.338 e. The van der Waals surface area contributed by atoms with Gasteiger partial charge in [0.1, 0.15) is 5.82 Å². The Morgan fingerprint density at radius 3 is 2.70 bits per heavy atom. The third-order valence-corrected chi connectivity index (χ3v) is 6.57. The van der Waals surface area contributed by atoms with Gasteiger partial charge in [0, 0.05) is 28.6 Å². The standard InChI is InChI=1S/C18H19ClFNO4S2/c1-12-6-7-13(10-14(12)18(22)25-2)27(23,24)21-8-9-26-11-15-16(19)4-3-5-17(15)20/h3-7,10,21H,8-9,11H2,1-2H3. The minimum absolute atomic E-state index is 0.0179. The summed E-state index contributed by atoms with van der Waals surface area (Å²) in [6.45, 7) is 1.85. The predicted octanol–water partition coefficient (Wildman–Crippen LogP) is 3.79. The second-order valence-electron chi connectivity index (χ2n) is 5.62. The first-order chi connectivity index (χ1) is 12.8. The summed E-state index contributed by atoms with van der Waals surface area (Å²) in [5.74, 6) is -0.211. The predicted molar refractivity (Wildman–Crippen MR) is 105 cm³/mol. The number of carbonyl (C=O) groups excluding carboxylic acids is 1. The molecule has 5 nitrogen and oxygen atoms in total. The third kappa shape index (κ3) is 5.68. The molecule has 9 heteroatoms. The van der Waals surface area contributed by atoms with Crippen molar-refractivity contribution in [2.75, 3.05) is 19.4 Å². The van der Waals surface area contributed by atoms with Crippen LogP contribution in [0.5, 0.6) is 0 Å². The number of hydrogen-bond acceptors (Lipinski definition) is 5. The SMILES string of the molecule is COC(=O)c1cc(S(=O)(=O)NCCSCc2c(F)cccc2Cl)ccc1C. The van der Waals surface area contributed by atoms with Crippen molar-refractivity contribution in [3.63, 3.8) is 0 Å². The third-order valence-electron chi connectivity index (χ3n) is 3.77. The number of benzene rings is 2. The van der Waals surface area contributed by atoms with Crippen LogP contribution in [-0.2, 0) is 20.5 Å². The lowest BCUT2D eigenvalue weighted by molar-refractivity contribution is 0.0599. The summed E-state index contributed by atoms with van der Waals surface area (Å²) in [6, 6.07) is 8.74. The van der Waals surface area contributed by atoms with E-state index in [9.17, 15) is 17.6 Å². The molecule has 1 N–H and O–H groups in total. The molecule has 0 aliphatic heterocycles. The second kappa shape index (κ2) is 9.54. The zero-order valence-electron chi connectivity index (χ0n) is 14.8. The Balaban J connectivity index is 1.94. The quantitative estimate of drug-likeness (QED) is 0.508. The van der Waals surface area contributed by atoms with E-state index < -0.39 is 16.0 Å². The van der Waals surface area contributed by atoms with Gasteiger partial charge in [0.2, 0.25) is 10.0 Å². The van der Waals surface area contributed by atoms with Crippen molar-refractivity contribution in [3.8, 4) is 0 Å². The Kier molecular flexibility index (Phi) is 7.67. The Bertz CT molecular complexity index is 915. The van der Waals surface area contributed by atoms with Gasteiger partial charge in [-0.3, -0.25) is 0 Å². The van der Waals surface area contributed by atoms with E-state index >= 15 is 0 Å². The minimum Gasteiger partial charge on any atom is -0.465 e. The first kappa shape index (κ1) is 21.7. The van der Waals surface area contributed by atoms with Gasteiger partial charge >= 0.3 is 5.97 Å². The number of thioether (sulfide) groups is 1. The molecule has 0 aliphatic carbocycles. The Hall–Kier alpha value is -1.61. The Morgan fingerprint density at radius 1 is 1.30 bits per heavy atom. The summed E-state index contributed by atoms with van der Waals surface area (Å²) in [5.41, 5.74) is 1.22. The van der Waals surface area contributed by atoms with Crippen molar-refractivity contribution >= 4 is 39.4 Å². The van der Waals surface area contributed by atoms with E-state index in [-0.39, 0.29) is 22.8 Å². The summed E-state index contributed by atoms with van der Waals surface area (Å²) >= 11 is 7.32. The minimum atomic E-state index is -3.77. The van der Waals surface area contributed by atoms with Crippen LogP contribution in [-0.4, -0.2) is 33.8 Å². The van der Waals surface area contributed by atoms with Gasteiger partial charge in [-0.1, -0.05) is 23.7 Å². The van der Waals surface area contributed by atoms with E-state index in [1.165, 1.54) is 43.1 Å². The van der Waals surface area contributed by atoms with E-state index in [0.717, 1.165) is 0 Å². The van der Waals surface area contributed by atoms with Gasteiger partial charge in [0.25, 0.3) is 0 Å². The number of hydrogen-bond donors (Lipinski definition) is 1. The van der Waals surface area contributed by atoms with E-state index in [1.807, 2.05) is 0 Å². The molecule has 2 rings (SSSR count). The molecular formula is C18H19ClFNO4S2. The average Bonchev–Trinajstić information content (AvgIpc) is 2.63. The highest BCUT2D eigenvalue weighted by molar-refractivity contribution is 7.98. The van der Waals surface area contributed by atoms with E-state index in [1.54, 1.807) is 19.1 Å². The maximum Gasteiger partial charge on any atom is 0.338 e. The molecule has 2 aromatic rings. The van der Waals surface area contributed by atoms with Crippen LogP contribution >= 0.6 is 23.4 Å². The number of aryl methyl sites for hydroxylation is 1. The maximum atomic E-state index is 13.7. The van der Waals surface area contributed by atoms with Crippen molar-refractivity contribution in [1.29, 1.82) is 0 Å². The Labute approximate surface area is 167 Å². The van der Waals surface area contributed by atoms with E-state index in [4.69, 9.17) is 11.6 Å². The van der Waals surface area contributed by atoms with Crippen molar-refractivity contribution in [3.05, 3.63) is 63.9 Å². The molecule has 27 heavy (non-hydrogen) atoms. The molecule has 0 heterocycles. The lowest BCUT2D eigenvalue weighted by Gasteiger charge is -2.10. The highest BCUT2D eigenvalue weighted by atomic mass is 35.5. The monoisotopic (exact) mass is 431 g/mol. The summed E-state index contributed by atoms with van der Waals surface area (Å²) in [6.07, 6.45) is 0. The molecule has 0 atom stereocenters. The molecule has 146 valence electrons. The number of carbonyl (C=O) groups is 1. The average molecular weight is 432 g/mol. The van der Waals surface area contributed by atoms with Crippen LogP contribution in [0.1, 0.15) is 21.5 Å². The van der Waals surface area contributed by atoms with Gasteiger partial charge in [-0.2, -0.15) is 11.8 Å². The van der Waals surface area contributed by atoms with Crippen molar-refractivity contribution in [2.24, 2.45) is 0 Å². The molecular weight excluding hydrogens is 413 g/mol. The summed E-state index contributed by atoms with van der Waals surface area (Å²) in [4.78, 5) is 11.7. The number of ether oxygens (including phenoxy) is 1. The molecule has 0 fully saturated rings. The molecule has 0 amide bonds. The molecule has 0 spiro atoms. The van der Waals surface area contributed by atoms with Crippen LogP contribution in [0.2, 0.25) is 5.02 Å². The molecule has 0 radical (unpaired) electrons. The lowest BCUT2D eigenvalue weighted by Crippen LogP contribution is -2.26. The largest absolute Gasteiger partial charge is 0.465 e. The summed E-state index contributed by atoms with van der Waals surface area (Å²) in [5, 5.41) is 0.345. The zero-order chi connectivity index (χ0) is 20.0. The van der Waals surface area contributed by atoms with Crippen molar-refractivity contribution in [2.45, 2.75) is 17.6 Å². The van der Waals surface area contributed by atoms with E-state index in [0.29, 0.717) is 27.7 Å². The molecule has 2 aromatic carbocycles. The number of rotatable bonds is 8. The topological polar surface area (TPSA) is 72.5 Å². The Morgan fingerprint density at radius 2 is 2.04 bits per heavy atom. The van der Waals surface area contributed by atoms with Crippen LogP contribution in [0.15, 0.2) is 41.3 Å². The van der Waals surface area contributed by atoms with Crippen LogP contribution in [0.4, 0.5) is 4.39 Å². The highest BCUT2D eigenvalue weighted by Gasteiger charge is 2.18. The van der Waals surface area contributed by atoms with Crippen LogP contribution in [0, 0.1) is 12.7 Å². The van der Waals surface area contributed by atoms with E-state index in [2.05, 4.69) is 9.46 Å². The molecule has 0 aliphatic rings. The normalized spacial score (nSPS) is 11.4. The van der Waals surface area contributed by atoms with Crippen LogP contribution in [0.25, 0.3) is 0 Å². The number of nitrogens with one attached hydrogen (secondary N) is 1. The first-order valence-corrected chi connectivity index (χ1v) is 11.0. The number of esters is 1. The number of halogens is 2. The zero-order valence-corrected chi connectivity index (χ0v) is 17.2. The first-order valence-electron chi connectivity index (χ1n) is 7.95. The molecule has 0 bridgehead atoms. The van der Waals surface area contributed by atoms with Gasteiger partial charge in [-0.15, -0.1) is 0 Å². The van der Waals surface area contributed by atoms with Gasteiger partial charge in [0.05, 0.1) is 17.6 Å². The van der Waals surface area contributed by atoms with Gasteiger partial charge in [-0.05, 0) is 36.8 Å². The molecule has 0 unspecified atom stereocenters. The summed E-state index contributed by atoms with van der Waals surface area (Å²) < 4.78 is 45.6. The lowest BCUT2D eigenvalue weighted by atomic mass is 10.1. The van der Waals surface area contributed by atoms with Crippen molar-refractivity contribution < 1.29 is 22.3 Å². The van der Waals surface area contributed by atoms with Gasteiger partial charge < -0.3 is 4.74 Å². The molecule has 0 saturated heterocycles. The second-order valence-corrected chi connectivity index (χ2v) is 8.90. The van der Waals surface area contributed by atoms with Crippen LogP contribution in [0.3, 0.4) is 0 Å². The molecule has 0 saturated carbocycles. The fraction of sp³-hybridized carbons (Fsp3) is 0.278. The number of sulfonamides is 1. The highest BCUT2D eigenvalue weighted by Crippen LogP contribution is 2.23. The van der Waals surface area contributed by atoms with Gasteiger partial charge in [-0.25, -0.2) is 22.3 Å². The molecule has 0 aromatic heterocycles. The van der Waals surface area contributed by atoms with Crippen LogP contribution < -0.4 is 4.72 Å². The van der Waals surface area contributed by atoms with Gasteiger partial charge in [0.15, 0.2) is 0 Å². The fourth-order valence-corrected chi connectivity index (χ4v) is 4.66. The number of methoxy groups -OCH3 is 1. The van der Waals surface area contributed by atoms with Crippen molar-refractivity contribution in [1.82, 2.24) is 4.72 Å².